The van der Waals surface area contributed by atoms with Crippen LogP contribution >= 0.6 is 11.6 Å². The molecule has 2 saturated heterocycles. The number of aromatic nitrogens is 3. The first kappa shape index (κ1) is 44.5. The molecule has 2 fully saturated rings. The molecule has 0 spiro atoms. The Bertz CT molecular complexity index is 2910. The van der Waals surface area contributed by atoms with Crippen LogP contribution in [0.4, 0.5) is 0 Å². The number of ether oxygens (including phenoxy) is 2. The van der Waals surface area contributed by atoms with Crippen molar-refractivity contribution in [1.82, 2.24) is 34.8 Å². The molecular weight excluding hydrogens is 862 g/mol. The van der Waals surface area contributed by atoms with Crippen molar-refractivity contribution in [3.63, 3.8) is 0 Å². The molecule has 342 valence electrons. The van der Waals surface area contributed by atoms with Gasteiger partial charge in [-0.05, 0) is 81.2 Å². The van der Waals surface area contributed by atoms with Gasteiger partial charge in [0.05, 0.1) is 29.4 Å². The van der Waals surface area contributed by atoms with Crippen molar-refractivity contribution in [3.8, 4) is 22.6 Å². The van der Waals surface area contributed by atoms with Crippen LogP contribution in [0.2, 0.25) is 5.02 Å². The van der Waals surface area contributed by atoms with Gasteiger partial charge in [0.25, 0.3) is 11.8 Å². The van der Waals surface area contributed by atoms with E-state index in [1.165, 1.54) is 4.90 Å². The molecule has 3 N–H and O–H groups in total. The summed E-state index contributed by atoms with van der Waals surface area (Å²) in [6.07, 6.45) is 2.85. The highest BCUT2D eigenvalue weighted by Crippen LogP contribution is 2.42. The van der Waals surface area contributed by atoms with Gasteiger partial charge in [-0.15, -0.1) is 0 Å². The Labute approximate surface area is 386 Å². The number of carboxylic acids is 1. The van der Waals surface area contributed by atoms with Gasteiger partial charge in [0.2, 0.25) is 11.8 Å². The summed E-state index contributed by atoms with van der Waals surface area (Å²) < 4.78 is 16.0. The fourth-order valence-corrected chi connectivity index (χ4v) is 10.2. The first-order valence-electron chi connectivity index (χ1n) is 22.5. The maximum Gasteiger partial charge on any atom is 0.352 e. The molecule has 0 radical (unpaired) electrons. The lowest BCUT2D eigenvalue weighted by molar-refractivity contribution is -0.137. The number of carbonyl (C=O) groups excluding carboxylic acids is 4. The Morgan fingerprint density at radius 3 is 2.41 bits per heavy atom. The topological polar surface area (TPSA) is 177 Å². The Kier molecular flexibility index (Phi) is 12.6. The van der Waals surface area contributed by atoms with E-state index in [9.17, 15) is 29.1 Å². The van der Waals surface area contributed by atoms with Crippen LogP contribution in [0.5, 0.6) is 11.5 Å². The summed E-state index contributed by atoms with van der Waals surface area (Å²) in [5, 5.41) is 24.5. The van der Waals surface area contributed by atoms with E-state index in [4.69, 9.17) is 21.1 Å². The molecule has 1 unspecified atom stereocenters. The Hall–Kier alpha value is -6.71. The molecule has 9 rings (SSSR count). The van der Waals surface area contributed by atoms with E-state index in [1.807, 2.05) is 84.7 Å². The first-order valence-corrected chi connectivity index (χ1v) is 22.8. The molecular formula is C50H52ClN7O8. The number of aryl methyl sites for hydroxylation is 3. The first-order chi connectivity index (χ1) is 31.9. The second-order valence-corrected chi connectivity index (χ2v) is 17.8. The number of carbonyl (C=O) groups is 5. The molecule has 5 heterocycles. The van der Waals surface area contributed by atoms with Gasteiger partial charge in [0, 0.05) is 84.4 Å². The van der Waals surface area contributed by atoms with Gasteiger partial charge in [-0.3, -0.25) is 29.2 Å². The van der Waals surface area contributed by atoms with Gasteiger partial charge < -0.3 is 34.3 Å². The van der Waals surface area contributed by atoms with E-state index in [0.717, 1.165) is 55.5 Å². The van der Waals surface area contributed by atoms with E-state index in [0.29, 0.717) is 80.4 Å². The smallest absolute Gasteiger partial charge is 0.352 e. The number of piperidine rings is 2. The second-order valence-electron chi connectivity index (χ2n) is 17.4. The van der Waals surface area contributed by atoms with Crippen LogP contribution in [0.1, 0.15) is 75.5 Å². The minimum absolute atomic E-state index is 0.0879. The summed E-state index contributed by atoms with van der Waals surface area (Å²) in [5.41, 5.74) is 6.12. The molecule has 0 bridgehead atoms. The summed E-state index contributed by atoms with van der Waals surface area (Å²) in [6.45, 7) is 6.57. The fourth-order valence-electron chi connectivity index (χ4n) is 9.99. The van der Waals surface area contributed by atoms with Crippen molar-refractivity contribution in [2.24, 2.45) is 7.05 Å². The molecule has 3 aliphatic heterocycles. The van der Waals surface area contributed by atoms with Crippen LogP contribution in [0.15, 0.2) is 72.8 Å². The fraction of sp³-hybridized carbons (Fsp3) is 0.360. The SMILES string of the molecule is Cc1nn(C)c(C)c1-c1c(Cl)ccc2c(CCCOc3cccc4ccccc34)c(C(=O)O)n(CCN3CCC(NC(=O)COc4cccc5c4CN(C4CCC(=O)NC4=O)C5=O)CC3)c12. The molecule has 6 aromatic rings. The highest BCUT2D eigenvalue weighted by Gasteiger charge is 2.40. The average molecular weight is 914 g/mol. The van der Waals surface area contributed by atoms with Crippen molar-refractivity contribution in [3.05, 3.63) is 112 Å². The van der Waals surface area contributed by atoms with E-state index in [-0.39, 0.29) is 55.5 Å². The van der Waals surface area contributed by atoms with E-state index in [2.05, 4.69) is 20.6 Å². The van der Waals surface area contributed by atoms with E-state index in [1.54, 1.807) is 18.2 Å². The Balaban J connectivity index is 0.868. The maximum atomic E-state index is 13.4. The molecule has 1 atom stereocenters. The van der Waals surface area contributed by atoms with Crippen molar-refractivity contribution >= 4 is 62.9 Å². The summed E-state index contributed by atoms with van der Waals surface area (Å²) in [5.74, 6) is -1.27. The predicted octanol–water partition coefficient (Wildman–Crippen LogP) is 6.60. The Morgan fingerprint density at radius 1 is 0.894 bits per heavy atom. The van der Waals surface area contributed by atoms with Gasteiger partial charge in [-0.25, -0.2) is 4.79 Å². The number of likely N-dealkylation sites (tertiary alicyclic amines) is 1. The van der Waals surface area contributed by atoms with Crippen LogP contribution in [0, 0.1) is 13.8 Å². The second kappa shape index (κ2) is 18.6. The average Bonchev–Trinajstić information content (AvgIpc) is 3.90. The number of nitrogens with one attached hydrogen (secondary N) is 2. The number of benzene rings is 4. The largest absolute Gasteiger partial charge is 0.493 e. The van der Waals surface area contributed by atoms with Crippen molar-refractivity contribution in [2.45, 2.75) is 77.5 Å². The number of nitrogens with zero attached hydrogens (tertiary/aromatic N) is 5. The third kappa shape index (κ3) is 8.60. The van der Waals surface area contributed by atoms with Gasteiger partial charge in [0.1, 0.15) is 23.2 Å². The summed E-state index contributed by atoms with van der Waals surface area (Å²) in [4.78, 5) is 67.8. The van der Waals surface area contributed by atoms with Crippen LogP contribution in [-0.4, -0.2) is 104 Å². The number of amides is 4. The normalized spacial score (nSPS) is 16.8. The number of imide groups is 1. The number of rotatable bonds is 15. The Morgan fingerprint density at radius 2 is 1.65 bits per heavy atom. The third-order valence-corrected chi connectivity index (χ3v) is 13.6. The highest BCUT2D eigenvalue weighted by molar-refractivity contribution is 6.35. The lowest BCUT2D eigenvalue weighted by Gasteiger charge is -2.32. The predicted molar refractivity (Wildman–Crippen MR) is 249 cm³/mol. The van der Waals surface area contributed by atoms with Gasteiger partial charge in [-0.1, -0.05) is 60.1 Å². The zero-order valence-electron chi connectivity index (χ0n) is 37.2. The monoisotopic (exact) mass is 913 g/mol. The van der Waals surface area contributed by atoms with Gasteiger partial charge >= 0.3 is 5.97 Å². The van der Waals surface area contributed by atoms with Crippen LogP contribution in [0.25, 0.3) is 32.8 Å². The lowest BCUT2D eigenvalue weighted by atomic mass is 9.98. The standard InChI is InChI=1S/C50H52ClN7O8/c1-29-44(30(2)55(3)54-29)45-38(51)17-16-35-34(13-8-26-65-40-14-6-10-31-9-4-5-11-33(31)40)47(50(63)64)57(46(35)45)25-24-56-22-20-32(21-23-56)52-43(60)28-66-41-15-7-12-36-37(41)27-58(49(36)62)39-18-19-42(59)53-48(39)61/h4-7,9-12,14-17,32,39H,8,13,18-28H2,1-3H3,(H,52,60)(H,63,64)(H,53,59,61). The van der Waals surface area contributed by atoms with Crippen molar-refractivity contribution < 1.29 is 38.6 Å². The van der Waals surface area contributed by atoms with Crippen molar-refractivity contribution in [1.29, 1.82) is 0 Å². The minimum atomic E-state index is -1.01. The van der Waals surface area contributed by atoms with Gasteiger partial charge in [0.15, 0.2) is 6.61 Å². The number of aromatic carboxylic acids is 1. The molecule has 4 aromatic carbocycles. The molecule has 66 heavy (non-hydrogen) atoms. The summed E-state index contributed by atoms with van der Waals surface area (Å²) in [6, 6.07) is 22.1. The molecule has 3 aliphatic rings. The number of hydrogen-bond acceptors (Lipinski definition) is 9. The van der Waals surface area contributed by atoms with E-state index < -0.39 is 17.9 Å². The van der Waals surface area contributed by atoms with Crippen LogP contribution in [-0.2, 0) is 40.9 Å². The quantitative estimate of drug-likeness (QED) is 0.0752. The molecule has 0 saturated carbocycles. The zero-order valence-corrected chi connectivity index (χ0v) is 38.0. The number of fused-ring (bicyclic) bond motifs is 3. The number of carboxylic acid groups (broad SMARTS) is 1. The van der Waals surface area contributed by atoms with Gasteiger partial charge in [-0.2, -0.15) is 5.10 Å². The number of hydrogen-bond donors (Lipinski definition) is 3. The van der Waals surface area contributed by atoms with Crippen molar-refractivity contribution in [2.75, 3.05) is 32.8 Å². The van der Waals surface area contributed by atoms with Crippen LogP contribution < -0.4 is 20.1 Å². The molecule has 4 amide bonds. The highest BCUT2D eigenvalue weighted by atomic mass is 35.5. The lowest BCUT2D eigenvalue weighted by Crippen LogP contribution is -2.52. The summed E-state index contributed by atoms with van der Waals surface area (Å²) >= 11 is 7.07. The third-order valence-electron chi connectivity index (χ3n) is 13.3. The molecule has 0 aliphatic carbocycles. The number of halogens is 1. The minimum Gasteiger partial charge on any atom is -0.493 e. The van der Waals surface area contributed by atoms with Crippen LogP contribution in [0.3, 0.4) is 0 Å². The molecule has 15 nitrogen and oxygen atoms in total. The summed E-state index contributed by atoms with van der Waals surface area (Å²) in [7, 11) is 1.89. The van der Waals surface area contributed by atoms with E-state index >= 15 is 0 Å². The molecule has 2 aromatic heterocycles. The zero-order chi connectivity index (χ0) is 46.2. The molecule has 16 heteroatoms. The maximum absolute atomic E-state index is 13.4.